The van der Waals surface area contributed by atoms with Crippen LogP contribution in [0.5, 0.6) is 0 Å². The SMILES string of the molecule is CN=C(NCCCCNc1ccccn1)NC(C)C.I. The second-order valence-electron chi connectivity index (χ2n) is 4.65. The van der Waals surface area contributed by atoms with E-state index in [9.17, 15) is 0 Å². The number of rotatable bonds is 7. The van der Waals surface area contributed by atoms with Crippen LogP contribution in [0.3, 0.4) is 0 Å². The summed E-state index contributed by atoms with van der Waals surface area (Å²) in [5.41, 5.74) is 0. The average molecular weight is 391 g/mol. The Bertz CT molecular complexity index is 367. The normalized spacial score (nSPS) is 10.9. The van der Waals surface area contributed by atoms with Gasteiger partial charge in [0, 0.05) is 32.4 Å². The highest BCUT2D eigenvalue weighted by atomic mass is 127. The molecular weight excluding hydrogens is 365 g/mol. The minimum atomic E-state index is 0. The molecule has 0 amide bonds. The molecule has 6 heteroatoms. The lowest BCUT2D eigenvalue weighted by Gasteiger charge is -2.14. The number of unbranched alkanes of at least 4 members (excludes halogenated alkanes) is 1. The van der Waals surface area contributed by atoms with Crippen LogP contribution in [-0.2, 0) is 0 Å². The molecule has 20 heavy (non-hydrogen) atoms. The Balaban J connectivity index is 0.00000361. The Hall–Kier alpha value is -1.05. The van der Waals surface area contributed by atoms with Crippen LogP contribution in [0.4, 0.5) is 5.82 Å². The largest absolute Gasteiger partial charge is 0.370 e. The number of anilines is 1. The van der Waals surface area contributed by atoms with Crippen molar-refractivity contribution < 1.29 is 0 Å². The Morgan fingerprint density at radius 2 is 2.00 bits per heavy atom. The standard InChI is InChI=1S/C14H25N5.HI/c1-12(2)19-14(15-3)18-11-7-6-10-17-13-8-4-5-9-16-13;/h4-5,8-9,12H,6-7,10-11H2,1-3H3,(H,16,17)(H2,15,18,19);1H. The van der Waals surface area contributed by atoms with E-state index in [0.29, 0.717) is 6.04 Å². The fraction of sp³-hybridized carbons (Fsp3) is 0.571. The maximum absolute atomic E-state index is 4.21. The Kier molecular flexibility index (Phi) is 11.1. The van der Waals surface area contributed by atoms with Crippen LogP contribution < -0.4 is 16.0 Å². The minimum Gasteiger partial charge on any atom is -0.370 e. The van der Waals surface area contributed by atoms with Crippen molar-refractivity contribution in [3.8, 4) is 0 Å². The maximum Gasteiger partial charge on any atom is 0.191 e. The Morgan fingerprint density at radius 1 is 1.25 bits per heavy atom. The van der Waals surface area contributed by atoms with Crippen LogP contribution in [0.2, 0.25) is 0 Å². The van der Waals surface area contributed by atoms with Gasteiger partial charge in [0.05, 0.1) is 0 Å². The first-order chi connectivity index (χ1) is 9.22. The van der Waals surface area contributed by atoms with Gasteiger partial charge < -0.3 is 16.0 Å². The summed E-state index contributed by atoms with van der Waals surface area (Å²) in [4.78, 5) is 8.38. The highest BCUT2D eigenvalue weighted by Gasteiger charge is 1.98. The highest BCUT2D eigenvalue weighted by Crippen LogP contribution is 1.99. The second kappa shape index (κ2) is 11.7. The summed E-state index contributed by atoms with van der Waals surface area (Å²) in [5.74, 6) is 1.81. The molecule has 0 fully saturated rings. The molecule has 0 bridgehead atoms. The van der Waals surface area contributed by atoms with E-state index in [4.69, 9.17) is 0 Å². The third-order valence-corrected chi connectivity index (χ3v) is 2.52. The van der Waals surface area contributed by atoms with Crippen LogP contribution in [0, 0.1) is 0 Å². The minimum absolute atomic E-state index is 0. The lowest BCUT2D eigenvalue weighted by molar-refractivity contribution is 0.675. The van der Waals surface area contributed by atoms with Gasteiger partial charge in [-0.05, 0) is 38.8 Å². The molecule has 0 aliphatic carbocycles. The molecule has 0 aliphatic heterocycles. The van der Waals surface area contributed by atoms with Gasteiger partial charge in [-0.15, -0.1) is 24.0 Å². The lowest BCUT2D eigenvalue weighted by atomic mass is 10.3. The molecule has 0 saturated heterocycles. The summed E-state index contributed by atoms with van der Waals surface area (Å²) < 4.78 is 0. The molecule has 0 spiro atoms. The topological polar surface area (TPSA) is 61.3 Å². The number of aliphatic imine (C=N–C) groups is 1. The molecule has 1 aromatic rings. The lowest BCUT2D eigenvalue weighted by Crippen LogP contribution is -2.41. The summed E-state index contributed by atoms with van der Waals surface area (Å²) >= 11 is 0. The molecule has 0 unspecified atom stereocenters. The van der Waals surface area contributed by atoms with Crippen LogP contribution in [0.15, 0.2) is 29.4 Å². The van der Waals surface area contributed by atoms with E-state index in [1.54, 1.807) is 13.2 Å². The molecule has 0 aromatic carbocycles. The van der Waals surface area contributed by atoms with E-state index in [1.807, 2.05) is 18.2 Å². The van der Waals surface area contributed by atoms with Crippen LogP contribution in [0.1, 0.15) is 26.7 Å². The number of hydrogen-bond acceptors (Lipinski definition) is 3. The predicted molar refractivity (Wildman–Crippen MR) is 97.0 cm³/mol. The summed E-state index contributed by atoms with van der Waals surface area (Å²) in [5, 5.41) is 9.85. The first-order valence-corrected chi connectivity index (χ1v) is 6.84. The van der Waals surface area contributed by atoms with E-state index in [0.717, 1.165) is 37.7 Å². The molecule has 0 radical (unpaired) electrons. The highest BCUT2D eigenvalue weighted by molar-refractivity contribution is 14.0. The maximum atomic E-state index is 4.21. The van der Waals surface area contributed by atoms with Crippen molar-refractivity contribution in [2.75, 3.05) is 25.5 Å². The molecule has 5 nitrogen and oxygen atoms in total. The van der Waals surface area contributed by atoms with Gasteiger partial charge in [0.15, 0.2) is 5.96 Å². The summed E-state index contributed by atoms with van der Waals surface area (Å²) in [6.45, 7) is 6.07. The molecule has 0 saturated carbocycles. The zero-order valence-corrected chi connectivity index (χ0v) is 14.8. The zero-order valence-electron chi connectivity index (χ0n) is 12.5. The molecular formula is C14H26IN5. The van der Waals surface area contributed by atoms with Gasteiger partial charge in [-0.25, -0.2) is 4.98 Å². The second-order valence-corrected chi connectivity index (χ2v) is 4.65. The van der Waals surface area contributed by atoms with Crippen molar-refractivity contribution in [3.05, 3.63) is 24.4 Å². The molecule has 3 N–H and O–H groups in total. The van der Waals surface area contributed by atoms with E-state index in [1.165, 1.54) is 0 Å². The van der Waals surface area contributed by atoms with Crippen LogP contribution in [-0.4, -0.2) is 37.1 Å². The number of aromatic nitrogens is 1. The van der Waals surface area contributed by atoms with Crippen molar-refractivity contribution in [2.45, 2.75) is 32.7 Å². The van der Waals surface area contributed by atoms with Gasteiger partial charge in [0.2, 0.25) is 0 Å². The molecule has 0 aliphatic rings. The van der Waals surface area contributed by atoms with Crippen LogP contribution >= 0.6 is 24.0 Å². The number of hydrogen-bond donors (Lipinski definition) is 3. The first-order valence-electron chi connectivity index (χ1n) is 6.84. The molecule has 1 aromatic heterocycles. The van der Waals surface area contributed by atoms with Crippen molar-refractivity contribution in [1.82, 2.24) is 15.6 Å². The van der Waals surface area contributed by atoms with Gasteiger partial charge in [0.25, 0.3) is 0 Å². The number of halogens is 1. The van der Waals surface area contributed by atoms with E-state index in [2.05, 4.69) is 39.8 Å². The number of pyridine rings is 1. The van der Waals surface area contributed by atoms with Gasteiger partial charge in [-0.3, -0.25) is 4.99 Å². The smallest absolute Gasteiger partial charge is 0.191 e. The predicted octanol–water partition coefficient (Wildman–Crippen LogP) is 2.47. The fourth-order valence-corrected chi connectivity index (χ4v) is 1.61. The van der Waals surface area contributed by atoms with E-state index >= 15 is 0 Å². The van der Waals surface area contributed by atoms with Crippen LogP contribution in [0.25, 0.3) is 0 Å². The van der Waals surface area contributed by atoms with E-state index in [-0.39, 0.29) is 24.0 Å². The summed E-state index contributed by atoms with van der Waals surface area (Å²) in [7, 11) is 1.79. The third-order valence-electron chi connectivity index (χ3n) is 2.52. The quantitative estimate of drug-likeness (QED) is 0.289. The zero-order chi connectivity index (χ0) is 13.9. The Labute approximate surface area is 139 Å². The summed E-state index contributed by atoms with van der Waals surface area (Å²) in [6.07, 6.45) is 3.99. The Morgan fingerprint density at radius 3 is 2.60 bits per heavy atom. The van der Waals surface area contributed by atoms with Crippen molar-refractivity contribution in [2.24, 2.45) is 4.99 Å². The van der Waals surface area contributed by atoms with Gasteiger partial charge in [-0.1, -0.05) is 6.07 Å². The van der Waals surface area contributed by atoms with Gasteiger partial charge in [0.1, 0.15) is 5.82 Å². The molecule has 1 heterocycles. The number of nitrogens with zero attached hydrogens (tertiary/aromatic N) is 2. The number of guanidine groups is 1. The molecule has 1 rings (SSSR count). The average Bonchev–Trinajstić information content (AvgIpc) is 2.42. The first kappa shape index (κ1) is 18.9. The fourth-order valence-electron chi connectivity index (χ4n) is 1.61. The number of nitrogens with one attached hydrogen (secondary N) is 3. The van der Waals surface area contributed by atoms with Crippen molar-refractivity contribution in [1.29, 1.82) is 0 Å². The monoisotopic (exact) mass is 391 g/mol. The molecule has 114 valence electrons. The summed E-state index contributed by atoms with van der Waals surface area (Å²) in [6, 6.07) is 6.28. The molecule has 0 atom stereocenters. The van der Waals surface area contributed by atoms with E-state index < -0.39 is 0 Å². The van der Waals surface area contributed by atoms with Gasteiger partial charge in [-0.2, -0.15) is 0 Å². The van der Waals surface area contributed by atoms with Gasteiger partial charge >= 0.3 is 0 Å². The van der Waals surface area contributed by atoms with Crippen molar-refractivity contribution in [3.63, 3.8) is 0 Å². The van der Waals surface area contributed by atoms with Crippen molar-refractivity contribution >= 4 is 35.8 Å². The third kappa shape index (κ3) is 8.95.